The summed E-state index contributed by atoms with van der Waals surface area (Å²) in [4.78, 5) is 18.5. The van der Waals surface area contributed by atoms with E-state index < -0.39 is 0 Å². The van der Waals surface area contributed by atoms with E-state index in [1.54, 1.807) is 17.1 Å². The van der Waals surface area contributed by atoms with Gasteiger partial charge in [0.2, 0.25) is 5.91 Å². The van der Waals surface area contributed by atoms with Crippen molar-refractivity contribution in [3.05, 3.63) is 42.0 Å². The van der Waals surface area contributed by atoms with Gasteiger partial charge in [0, 0.05) is 26.0 Å². The lowest BCUT2D eigenvalue weighted by atomic mass is 10.1. The van der Waals surface area contributed by atoms with Gasteiger partial charge < -0.3 is 10.1 Å². The molecule has 0 radical (unpaired) electrons. The number of piperidine rings is 1. The maximum absolute atomic E-state index is 12.3. The molecule has 1 amide bonds. The van der Waals surface area contributed by atoms with Crippen LogP contribution in [0, 0.1) is 6.92 Å². The van der Waals surface area contributed by atoms with Gasteiger partial charge in [0.25, 0.3) is 0 Å². The molecule has 1 unspecified atom stereocenters. The van der Waals surface area contributed by atoms with Gasteiger partial charge in [-0.2, -0.15) is 5.10 Å². The van der Waals surface area contributed by atoms with Crippen molar-refractivity contribution in [3.63, 3.8) is 0 Å². The van der Waals surface area contributed by atoms with Gasteiger partial charge in [0.05, 0.1) is 36.8 Å². The predicted molar refractivity (Wildman–Crippen MR) is 95.1 cm³/mol. The van der Waals surface area contributed by atoms with Gasteiger partial charge in [0.15, 0.2) is 0 Å². The molecule has 134 valence electrons. The topological polar surface area (TPSA) is 72.3 Å². The van der Waals surface area contributed by atoms with Crippen molar-refractivity contribution in [2.24, 2.45) is 7.05 Å². The molecule has 0 aromatic carbocycles. The Hall–Kier alpha value is -2.25. The molecule has 2 aromatic heterocycles. The molecule has 0 spiro atoms. The van der Waals surface area contributed by atoms with E-state index in [2.05, 4.69) is 20.3 Å². The molecule has 1 aliphatic heterocycles. The van der Waals surface area contributed by atoms with Gasteiger partial charge in [-0.15, -0.1) is 0 Å². The third kappa shape index (κ3) is 4.87. The van der Waals surface area contributed by atoms with Crippen LogP contribution in [0.15, 0.2) is 30.7 Å². The highest BCUT2D eigenvalue weighted by molar-refractivity contribution is 5.92. The van der Waals surface area contributed by atoms with Gasteiger partial charge in [-0.25, -0.2) is 0 Å². The number of hydrogen-bond acceptors (Lipinski definition) is 5. The minimum atomic E-state index is -0.0102. The van der Waals surface area contributed by atoms with Crippen LogP contribution in [-0.4, -0.2) is 51.3 Å². The van der Waals surface area contributed by atoms with Crippen LogP contribution in [0.25, 0.3) is 0 Å². The van der Waals surface area contributed by atoms with E-state index >= 15 is 0 Å². The molecule has 0 saturated carbocycles. The van der Waals surface area contributed by atoms with Crippen molar-refractivity contribution >= 4 is 11.6 Å². The Balaban J connectivity index is 1.46. The zero-order valence-electron chi connectivity index (χ0n) is 14.8. The summed E-state index contributed by atoms with van der Waals surface area (Å²) in [6, 6.07) is 3.92. The van der Waals surface area contributed by atoms with Gasteiger partial charge in [-0.1, -0.05) is 6.07 Å². The number of ether oxygens (including phenoxy) is 1. The summed E-state index contributed by atoms with van der Waals surface area (Å²) in [6.45, 7) is 4.58. The number of aromatic nitrogens is 3. The molecular weight excluding hydrogens is 318 g/mol. The molecule has 1 aliphatic rings. The molecule has 1 fully saturated rings. The van der Waals surface area contributed by atoms with Crippen LogP contribution < -0.4 is 5.32 Å². The summed E-state index contributed by atoms with van der Waals surface area (Å²) in [7, 11) is 1.86. The Morgan fingerprint density at radius 3 is 3.04 bits per heavy atom. The van der Waals surface area contributed by atoms with E-state index in [-0.39, 0.29) is 12.0 Å². The average molecular weight is 343 g/mol. The number of carbonyl (C=O) groups excluding carboxylic acids is 1. The van der Waals surface area contributed by atoms with E-state index in [4.69, 9.17) is 4.74 Å². The van der Waals surface area contributed by atoms with Crippen LogP contribution in [0.2, 0.25) is 0 Å². The second kappa shape index (κ2) is 8.22. The fraction of sp³-hybridized carbons (Fsp3) is 0.500. The largest absolute Gasteiger partial charge is 0.372 e. The Morgan fingerprint density at radius 1 is 1.44 bits per heavy atom. The van der Waals surface area contributed by atoms with E-state index in [1.807, 2.05) is 32.3 Å². The number of nitrogens with one attached hydrogen (secondary N) is 1. The summed E-state index contributed by atoms with van der Waals surface area (Å²) < 4.78 is 7.74. The molecule has 3 rings (SSSR count). The minimum Gasteiger partial charge on any atom is -0.372 e. The van der Waals surface area contributed by atoms with E-state index in [1.165, 1.54) is 0 Å². The molecule has 0 bridgehead atoms. The number of rotatable bonds is 6. The zero-order valence-corrected chi connectivity index (χ0v) is 14.8. The second-order valence-corrected chi connectivity index (χ2v) is 6.49. The van der Waals surface area contributed by atoms with Crippen LogP contribution in [0.1, 0.15) is 24.1 Å². The molecule has 2 aromatic rings. The number of carbonyl (C=O) groups is 1. The van der Waals surface area contributed by atoms with Crippen LogP contribution in [-0.2, 0) is 23.2 Å². The summed E-state index contributed by atoms with van der Waals surface area (Å²) in [5, 5.41) is 7.08. The Labute approximate surface area is 148 Å². The minimum absolute atomic E-state index is 0.0102. The number of nitrogens with zero attached hydrogens (tertiary/aromatic N) is 4. The highest BCUT2D eigenvalue weighted by Gasteiger charge is 2.22. The first-order valence-corrected chi connectivity index (χ1v) is 8.63. The van der Waals surface area contributed by atoms with E-state index in [0.717, 1.165) is 42.9 Å². The molecular formula is C18H25N5O2. The van der Waals surface area contributed by atoms with Crippen LogP contribution >= 0.6 is 0 Å². The molecule has 7 heteroatoms. The summed E-state index contributed by atoms with van der Waals surface area (Å²) in [5.41, 5.74) is 2.79. The predicted octanol–water partition coefficient (Wildman–Crippen LogP) is 1.74. The van der Waals surface area contributed by atoms with E-state index in [9.17, 15) is 4.79 Å². The first kappa shape index (κ1) is 17.6. The summed E-state index contributed by atoms with van der Waals surface area (Å²) in [5.74, 6) is -0.0102. The Kier molecular flexibility index (Phi) is 5.78. The number of hydrogen-bond donors (Lipinski definition) is 1. The van der Waals surface area contributed by atoms with Gasteiger partial charge in [-0.05, 0) is 37.9 Å². The fourth-order valence-electron chi connectivity index (χ4n) is 3.00. The highest BCUT2D eigenvalue weighted by atomic mass is 16.5. The third-order valence-electron chi connectivity index (χ3n) is 4.55. The SMILES string of the molecule is Cc1c(NC(=O)CN2CCCC(OCc3cccnc3)C2)cnn1C. The van der Waals surface area contributed by atoms with Crippen molar-refractivity contribution in [2.75, 3.05) is 25.0 Å². The third-order valence-corrected chi connectivity index (χ3v) is 4.55. The maximum atomic E-state index is 12.3. The zero-order chi connectivity index (χ0) is 17.6. The normalized spacial score (nSPS) is 18.2. The fourth-order valence-corrected chi connectivity index (χ4v) is 3.00. The first-order valence-electron chi connectivity index (χ1n) is 8.63. The van der Waals surface area contributed by atoms with Gasteiger partial charge in [0.1, 0.15) is 0 Å². The lowest BCUT2D eigenvalue weighted by molar-refractivity contribution is -0.118. The van der Waals surface area contributed by atoms with Crippen LogP contribution in [0.5, 0.6) is 0 Å². The van der Waals surface area contributed by atoms with Crippen LogP contribution in [0.4, 0.5) is 5.69 Å². The smallest absolute Gasteiger partial charge is 0.238 e. The average Bonchev–Trinajstić information content (AvgIpc) is 2.93. The van der Waals surface area contributed by atoms with E-state index in [0.29, 0.717) is 13.2 Å². The maximum Gasteiger partial charge on any atom is 0.238 e. The molecule has 3 heterocycles. The standard InChI is InChI=1S/C18H25N5O2/c1-14-17(10-20-22(14)2)21-18(24)12-23-8-4-6-16(11-23)25-13-15-5-3-7-19-9-15/h3,5,7,9-10,16H,4,6,8,11-13H2,1-2H3,(H,21,24). The first-order chi connectivity index (χ1) is 12.1. The number of pyridine rings is 1. The molecule has 25 heavy (non-hydrogen) atoms. The lowest BCUT2D eigenvalue weighted by Gasteiger charge is -2.32. The summed E-state index contributed by atoms with van der Waals surface area (Å²) in [6.07, 6.45) is 7.49. The van der Waals surface area contributed by atoms with Crippen molar-refractivity contribution < 1.29 is 9.53 Å². The molecule has 7 nitrogen and oxygen atoms in total. The van der Waals surface area contributed by atoms with Crippen molar-refractivity contribution in [3.8, 4) is 0 Å². The number of likely N-dealkylation sites (tertiary alicyclic amines) is 1. The monoisotopic (exact) mass is 343 g/mol. The van der Waals surface area contributed by atoms with Gasteiger partial charge >= 0.3 is 0 Å². The molecule has 1 N–H and O–H groups in total. The molecule has 1 atom stereocenters. The Morgan fingerprint density at radius 2 is 2.32 bits per heavy atom. The quantitative estimate of drug-likeness (QED) is 0.865. The molecule has 1 saturated heterocycles. The second-order valence-electron chi connectivity index (χ2n) is 6.49. The number of aryl methyl sites for hydroxylation is 1. The number of anilines is 1. The van der Waals surface area contributed by atoms with Crippen LogP contribution in [0.3, 0.4) is 0 Å². The molecule has 0 aliphatic carbocycles. The summed E-state index contributed by atoms with van der Waals surface area (Å²) >= 11 is 0. The lowest BCUT2D eigenvalue weighted by Crippen LogP contribution is -2.43. The van der Waals surface area contributed by atoms with Crippen molar-refractivity contribution in [1.29, 1.82) is 0 Å². The Bertz CT molecular complexity index is 701. The van der Waals surface area contributed by atoms with Gasteiger partial charge in [-0.3, -0.25) is 19.4 Å². The highest BCUT2D eigenvalue weighted by Crippen LogP contribution is 2.16. The van der Waals surface area contributed by atoms with Crippen molar-refractivity contribution in [2.45, 2.75) is 32.5 Å². The van der Waals surface area contributed by atoms with Crippen molar-refractivity contribution in [1.82, 2.24) is 19.7 Å². The number of amides is 1.